The number of anilines is 1. The summed E-state index contributed by atoms with van der Waals surface area (Å²) >= 11 is 7.27. The average molecular weight is 426 g/mol. The van der Waals surface area contributed by atoms with Crippen molar-refractivity contribution in [3.8, 4) is 0 Å². The Kier molecular flexibility index (Phi) is 5.74. The third kappa shape index (κ3) is 4.23. The molecular formula is C22H20ClN3O2S. The van der Waals surface area contributed by atoms with E-state index in [-0.39, 0.29) is 17.2 Å². The molecule has 1 heterocycles. The zero-order chi connectivity index (χ0) is 20.4. The summed E-state index contributed by atoms with van der Waals surface area (Å²) in [6.07, 6.45) is 4.98. The summed E-state index contributed by atoms with van der Waals surface area (Å²) < 4.78 is 1.52. The molecule has 0 atom stereocenters. The maximum atomic E-state index is 12.8. The van der Waals surface area contributed by atoms with Crippen LogP contribution in [-0.4, -0.2) is 21.2 Å². The summed E-state index contributed by atoms with van der Waals surface area (Å²) in [5.74, 6) is 0.00533. The van der Waals surface area contributed by atoms with Crippen molar-refractivity contribution in [3.05, 3.63) is 75.6 Å². The summed E-state index contributed by atoms with van der Waals surface area (Å²) in [7, 11) is 0. The number of aryl methyl sites for hydroxylation is 2. The van der Waals surface area contributed by atoms with Crippen molar-refractivity contribution in [3.63, 3.8) is 0 Å². The maximum Gasteiger partial charge on any atom is 0.262 e. The number of thioether (sulfide) groups is 1. The Morgan fingerprint density at radius 1 is 1.24 bits per heavy atom. The molecular weight excluding hydrogens is 406 g/mol. The van der Waals surface area contributed by atoms with Crippen molar-refractivity contribution >= 4 is 45.9 Å². The number of hydrogen-bond acceptors (Lipinski definition) is 4. The number of hydrogen-bond donors (Lipinski definition) is 1. The summed E-state index contributed by atoms with van der Waals surface area (Å²) in [4.78, 5) is 29.8. The molecule has 148 valence electrons. The lowest BCUT2D eigenvalue weighted by Crippen LogP contribution is -2.23. The van der Waals surface area contributed by atoms with E-state index in [9.17, 15) is 9.59 Å². The van der Waals surface area contributed by atoms with Crippen LogP contribution in [0.2, 0.25) is 5.02 Å². The lowest BCUT2D eigenvalue weighted by molar-refractivity contribution is -0.113. The molecule has 0 spiro atoms. The number of nitrogens with one attached hydrogen (secondary N) is 1. The van der Waals surface area contributed by atoms with Crippen LogP contribution in [0, 0.1) is 0 Å². The monoisotopic (exact) mass is 425 g/mol. The largest absolute Gasteiger partial charge is 0.325 e. The van der Waals surface area contributed by atoms with Gasteiger partial charge in [-0.15, -0.1) is 6.58 Å². The van der Waals surface area contributed by atoms with E-state index in [2.05, 4.69) is 29.0 Å². The van der Waals surface area contributed by atoms with Gasteiger partial charge < -0.3 is 5.32 Å². The number of aromatic nitrogens is 2. The summed E-state index contributed by atoms with van der Waals surface area (Å²) in [5.41, 5.74) is 3.82. The number of benzene rings is 2. The minimum absolute atomic E-state index is 0.140. The molecule has 2 aromatic carbocycles. The molecule has 7 heteroatoms. The Hall–Kier alpha value is -2.57. The van der Waals surface area contributed by atoms with Crippen molar-refractivity contribution in [1.82, 2.24) is 9.55 Å². The van der Waals surface area contributed by atoms with Crippen LogP contribution in [-0.2, 0) is 24.2 Å². The summed E-state index contributed by atoms with van der Waals surface area (Å²) in [6.45, 7) is 4.03. The second-order valence-corrected chi connectivity index (χ2v) is 8.31. The molecule has 4 rings (SSSR count). The number of allylic oxidation sites excluding steroid dienone is 1. The highest BCUT2D eigenvalue weighted by Crippen LogP contribution is 2.25. The van der Waals surface area contributed by atoms with Crippen LogP contribution < -0.4 is 10.9 Å². The first kappa shape index (κ1) is 19.7. The van der Waals surface area contributed by atoms with Crippen molar-refractivity contribution < 1.29 is 4.79 Å². The zero-order valence-electron chi connectivity index (χ0n) is 15.8. The van der Waals surface area contributed by atoms with Crippen LogP contribution in [0.25, 0.3) is 10.9 Å². The maximum absolute atomic E-state index is 12.8. The average Bonchev–Trinajstić information content (AvgIpc) is 3.16. The standard InChI is InChI=1S/C22H20ClN3O2S/c1-2-10-26-21(28)18-9-7-16(23)12-19(18)25-22(26)29-13-20(27)24-17-8-6-14-4-3-5-15(14)11-17/h2,6-9,11-12H,1,3-5,10,13H2,(H,24,27). The van der Waals surface area contributed by atoms with Crippen molar-refractivity contribution in [1.29, 1.82) is 0 Å². The van der Waals surface area contributed by atoms with E-state index in [1.54, 1.807) is 24.3 Å². The topological polar surface area (TPSA) is 64.0 Å². The normalized spacial score (nSPS) is 12.7. The van der Waals surface area contributed by atoms with E-state index in [0.29, 0.717) is 27.6 Å². The third-order valence-electron chi connectivity index (χ3n) is 4.91. The van der Waals surface area contributed by atoms with E-state index in [1.165, 1.54) is 33.9 Å². The third-order valence-corrected chi connectivity index (χ3v) is 6.12. The fourth-order valence-electron chi connectivity index (χ4n) is 3.55. The van der Waals surface area contributed by atoms with Gasteiger partial charge >= 0.3 is 0 Å². The molecule has 29 heavy (non-hydrogen) atoms. The van der Waals surface area contributed by atoms with Gasteiger partial charge in [-0.05, 0) is 60.7 Å². The first-order chi connectivity index (χ1) is 14.0. The quantitative estimate of drug-likeness (QED) is 0.360. The second kappa shape index (κ2) is 8.43. The lowest BCUT2D eigenvalue weighted by Gasteiger charge is -2.12. The van der Waals surface area contributed by atoms with E-state index in [1.807, 2.05) is 6.07 Å². The van der Waals surface area contributed by atoms with E-state index in [4.69, 9.17) is 11.6 Å². The first-order valence-electron chi connectivity index (χ1n) is 9.40. The van der Waals surface area contributed by atoms with Gasteiger partial charge in [0.15, 0.2) is 5.16 Å². The smallest absolute Gasteiger partial charge is 0.262 e. The highest BCUT2D eigenvalue weighted by Gasteiger charge is 2.15. The Morgan fingerprint density at radius 2 is 2.07 bits per heavy atom. The number of nitrogens with zero attached hydrogens (tertiary/aromatic N) is 2. The lowest BCUT2D eigenvalue weighted by atomic mass is 10.1. The molecule has 0 unspecified atom stereocenters. The highest BCUT2D eigenvalue weighted by molar-refractivity contribution is 7.99. The van der Waals surface area contributed by atoms with Gasteiger partial charge in [0.05, 0.1) is 16.7 Å². The van der Waals surface area contributed by atoms with Gasteiger partial charge in [0.2, 0.25) is 5.91 Å². The number of rotatable bonds is 6. The van der Waals surface area contributed by atoms with Crippen LogP contribution in [0.15, 0.2) is 59.0 Å². The van der Waals surface area contributed by atoms with Gasteiger partial charge in [0, 0.05) is 17.3 Å². The Bertz CT molecular complexity index is 1170. The molecule has 1 aromatic heterocycles. The van der Waals surface area contributed by atoms with Gasteiger partial charge in [-0.25, -0.2) is 4.98 Å². The number of carbonyl (C=O) groups is 1. The predicted octanol–water partition coefficient (Wildman–Crippen LogP) is 4.46. The predicted molar refractivity (Wildman–Crippen MR) is 119 cm³/mol. The molecule has 1 aliphatic rings. The fraction of sp³-hybridized carbons (Fsp3) is 0.227. The number of amides is 1. The molecule has 3 aromatic rings. The van der Waals surface area contributed by atoms with Crippen LogP contribution in [0.5, 0.6) is 0 Å². The molecule has 0 saturated carbocycles. The van der Waals surface area contributed by atoms with Crippen LogP contribution >= 0.6 is 23.4 Å². The van der Waals surface area contributed by atoms with Crippen LogP contribution in [0.3, 0.4) is 0 Å². The molecule has 0 radical (unpaired) electrons. The van der Waals surface area contributed by atoms with Crippen molar-refractivity contribution in [2.75, 3.05) is 11.1 Å². The van der Waals surface area contributed by atoms with Crippen molar-refractivity contribution in [2.45, 2.75) is 31.0 Å². The highest BCUT2D eigenvalue weighted by atomic mass is 35.5. The molecule has 0 aliphatic heterocycles. The number of halogens is 1. The Balaban J connectivity index is 1.53. The van der Waals surface area contributed by atoms with E-state index >= 15 is 0 Å². The summed E-state index contributed by atoms with van der Waals surface area (Å²) in [6, 6.07) is 11.1. The van der Waals surface area contributed by atoms with Crippen LogP contribution in [0.1, 0.15) is 17.5 Å². The second-order valence-electron chi connectivity index (χ2n) is 6.93. The zero-order valence-corrected chi connectivity index (χ0v) is 17.4. The molecule has 0 fully saturated rings. The first-order valence-corrected chi connectivity index (χ1v) is 10.8. The molecule has 0 saturated heterocycles. The van der Waals surface area contributed by atoms with Gasteiger partial charge in [-0.3, -0.25) is 14.2 Å². The van der Waals surface area contributed by atoms with Gasteiger partial charge in [-0.2, -0.15) is 0 Å². The Labute approximate surface area is 177 Å². The molecule has 1 aliphatic carbocycles. The molecule has 1 amide bonds. The molecule has 5 nitrogen and oxygen atoms in total. The number of carbonyl (C=O) groups excluding carboxylic acids is 1. The number of fused-ring (bicyclic) bond motifs is 2. The van der Waals surface area contributed by atoms with Gasteiger partial charge in [0.25, 0.3) is 5.56 Å². The SMILES string of the molecule is C=CCn1c(SCC(=O)Nc2ccc3c(c2)CCC3)nc2cc(Cl)ccc2c1=O. The van der Waals surface area contributed by atoms with Crippen LogP contribution in [0.4, 0.5) is 5.69 Å². The molecule has 1 N–H and O–H groups in total. The van der Waals surface area contributed by atoms with Gasteiger partial charge in [0.1, 0.15) is 0 Å². The fourth-order valence-corrected chi connectivity index (χ4v) is 4.53. The van der Waals surface area contributed by atoms with E-state index in [0.717, 1.165) is 18.5 Å². The summed E-state index contributed by atoms with van der Waals surface area (Å²) in [5, 5.41) is 4.40. The Morgan fingerprint density at radius 3 is 2.90 bits per heavy atom. The van der Waals surface area contributed by atoms with Gasteiger partial charge in [-0.1, -0.05) is 35.5 Å². The minimum atomic E-state index is -0.173. The van der Waals surface area contributed by atoms with Crippen molar-refractivity contribution in [2.24, 2.45) is 0 Å². The van der Waals surface area contributed by atoms with E-state index < -0.39 is 0 Å². The minimum Gasteiger partial charge on any atom is -0.325 e. The molecule has 0 bridgehead atoms.